The lowest BCUT2D eigenvalue weighted by Crippen LogP contribution is -2.38. The van der Waals surface area contributed by atoms with Crippen molar-refractivity contribution in [2.75, 3.05) is 32.1 Å². The van der Waals surface area contributed by atoms with E-state index in [1.54, 1.807) is 25.3 Å². The Morgan fingerprint density at radius 1 is 1.02 bits per heavy atom. The number of aromatic nitrogens is 1. The molecule has 1 aliphatic heterocycles. The van der Waals surface area contributed by atoms with E-state index in [0.717, 1.165) is 49.3 Å². The zero-order chi connectivity index (χ0) is 35.0. The van der Waals surface area contributed by atoms with Crippen molar-refractivity contribution in [1.82, 2.24) is 9.88 Å². The number of ether oxygens (including phenoxy) is 2. The van der Waals surface area contributed by atoms with Crippen LogP contribution >= 0.6 is 0 Å². The van der Waals surface area contributed by atoms with Crippen molar-refractivity contribution in [3.8, 4) is 0 Å². The van der Waals surface area contributed by atoms with E-state index in [1.165, 1.54) is 0 Å². The van der Waals surface area contributed by atoms with Crippen LogP contribution in [-0.4, -0.2) is 78.3 Å². The summed E-state index contributed by atoms with van der Waals surface area (Å²) < 4.78 is 10.2. The second kappa shape index (κ2) is 19.3. The number of aliphatic imine (C=N–C) groups is 2. The van der Waals surface area contributed by atoms with Gasteiger partial charge in [0.1, 0.15) is 11.7 Å². The molecule has 11 heteroatoms. The van der Waals surface area contributed by atoms with Crippen LogP contribution in [0.25, 0.3) is 0 Å². The molecule has 0 spiro atoms. The molecule has 0 bridgehead atoms. The average molecular weight is 671 g/mol. The van der Waals surface area contributed by atoms with Gasteiger partial charge >= 0.3 is 12.1 Å². The Labute approximate surface area is 289 Å². The van der Waals surface area contributed by atoms with Gasteiger partial charge in [-0.1, -0.05) is 50.8 Å². The van der Waals surface area contributed by atoms with Crippen molar-refractivity contribution in [2.24, 2.45) is 21.6 Å². The Morgan fingerprint density at radius 2 is 1.84 bits per heavy atom. The number of nitrogens with one attached hydrogen (secondary N) is 1. The number of anilines is 1. The van der Waals surface area contributed by atoms with Gasteiger partial charge in [0.15, 0.2) is 5.78 Å². The number of nitrogens with zero attached hydrogens (tertiary/aromatic N) is 4. The third kappa shape index (κ3) is 11.4. The fourth-order valence-corrected chi connectivity index (χ4v) is 5.95. The highest BCUT2D eigenvalue weighted by Crippen LogP contribution is 2.28. The van der Waals surface area contributed by atoms with Gasteiger partial charge in [-0.2, -0.15) is 4.99 Å². The van der Waals surface area contributed by atoms with Crippen LogP contribution in [0, 0.1) is 5.92 Å². The molecule has 2 aromatic rings. The quantitative estimate of drug-likeness (QED) is 0.0789. The summed E-state index contributed by atoms with van der Waals surface area (Å²) in [5, 5.41) is 3.41. The summed E-state index contributed by atoms with van der Waals surface area (Å²) in [4.78, 5) is 53.1. The molecule has 1 aliphatic carbocycles. The molecule has 3 N–H and O–H groups in total. The minimum Gasteiger partial charge on any atom is -0.466 e. The third-order valence-electron chi connectivity index (χ3n) is 8.72. The van der Waals surface area contributed by atoms with E-state index in [0.29, 0.717) is 56.6 Å². The monoisotopic (exact) mass is 670 g/mol. The molecule has 4 rings (SSSR count). The molecule has 1 aromatic heterocycles. The van der Waals surface area contributed by atoms with Crippen molar-refractivity contribution in [3.05, 3.63) is 83.7 Å². The van der Waals surface area contributed by atoms with Crippen LogP contribution < -0.4 is 11.1 Å². The molecule has 1 amide bonds. The van der Waals surface area contributed by atoms with Gasteiger partial charge in [0.2, 0.25) is 0 Å². The normalized spacial score (nSPS) is 17.5. The third-order valence-corrected chi connectivity index (χ3v) is 8.72. The number of amides is 1. The number of carbonyl (C=O) groups excluding carboxylic acids is 3. The van der Waals surface area contributed by atoms with Gasteiger partial charge in [-0.3, -0.25) is 19.6 Å². The molecule has 2 heterocycles. The van der Waals surface area contributed by atoms with Crippen molar-refractivity contribution >= 4 is 35.2 Å². The number of ketones is 1. The van der Waals surface area contributed by atoms with E-state index in [9.17, 15) is 14.4 Å². The van der Waals surface area contributed by atoms with Crippen molar-refractivity contribution in [3.63, 3.8) is 0 Å². The van der Waals surface area contributed by atoms with Gasteiger partial charge in [0, 0.05) is 48.1 Å². The van der Waals surface area contributed by atoms with E-state index in [-0.39, 0.29) is 35.6 Å². The zero-order valence-corrected chi connectivity index (χ0v) is 29.0. The predicted octanol–water partition coefficient (Wildman–Crippen LogP) is 6.04. The fourth-order valence-electron chi connectivity index (χ4n) is 5.95. The summed E-state index contributed by atoms with van der Waals surface area (Å²) in [6.07, 6.45) is 14.1. The molecule has 0 fully saturated rings. The van der Waals surface area contributed by atoms with E-state index in [4.69, 9.17) is 20.2 Å². The largest absolute Gasteiger partial charge is 0.466 e. The number of benzene rings is 1. The highest BCUT2D eigenvalue weighted by atomic mass is 16.5. The number of allylic oxidation sites excluding steroid dienone is 2. The number of amidine groups is 2. The Balaban J connectivity index is 1.33. The topological polar surface area (TPSA) is 149 Å². The second-order valence-corrected chi connectivity index (χ2v) is 12.4. The summed E-state index contributed by atoms with van der Waals surface area (Å²) in [6.45, 7) is 5.13. The van der Waals surface area contributed by atoms with Crippen LogP contribution in [0.5, 0.6) is 0 Å². The minimum atomic E-state index is -0.678. The maximum absolute atomic E-state index is 13.9. The second-order valence-electron chi connectivity index (χ2n) is 12.4. The van der Waals surface area contributed by atoms with Crippen LogP contribution in [0.3, 0.4) is 0 Å². The fraction of sp³-hybridized carbons (Fsp3) is 0.474. The van der Waals surface area contributed by atoms with Crippen LogP contribution in [0.4, 0.5) is 10.5 Å². The Morgan fingerprint density at radius 3 is 2.57 bits per heavy atom. The van der Waals surface area contributed by atoms with Crippen LogP contribution in [0.1, 0.15) is 76.5 Å². The minimum absolute atomic E-state index is 0.0250. The molecule has 3 unspecified atom stereocenters. The van der Waals surface area contributed by atoms with Gasteiger partial charge in [0.05, 0.1) is 31.8 Å². The Hall–Kier alpha value is -4.80. The number of hydrogen-bond acceptors (Lipinski definition) is 9. The van der Waals surface area contributed by atoms with Gasteiger partial charge in [0.25, 0.3) is 0 Å². The number of nitrogens with two attached hydrogens (primary N) is 1. The smallest absolute Gasteiger partial charge is 0.435 e. The van der Waals surface area contributed by atoms with E-state index in [1.807, 2.05) is 49.5 Å². The molecule has 0 radical (unpaired) electrons. The number of Topliss-reactive ketones (excluding diaryl/α,β-unsaturated/α-hetero) is 1. The Kier molecular flexibility index (Phi) is 14.6. The number of unbranched alkanes of at least 4 members (excludes halogenated alkanes) is 4. The molecule has 262 valence electrons. The molecule has 3 atom stereocenters. The molecular weight excluding hydrogens is 620 g/mol. The first-order chi connectivity index (χ1) is 23.8. The average Bonchev–Trinajstić information content (AvgIpc) is 3.43. The lowest BCUT2D eigenvalue weighted by atomic mass is 9.85. The highest BCUT2D eigenvalue weighted by Gasteiger charge is 2.34. The van der Waals surface area contributed by atoms with Crippen molar-refractivity contribution in [2.45, 2.75) is 83.7 Å². The van der Waals surface area contributed by atoms with Crippen LogP contribution in [-0.2, 0) is 25.5 Å². The maximum atomic E-state index is 13.9. The van der Waals surface area contributed by atoms with E-state index >= 15 is 0 Å². The van der Waals surface area contributed by atoms with E-state index < -0.39 is 6.09 Å². The van der Waals surface area contributed by atoms with E-state index in [2.05, 4.69) is 33.2 Å². The number of esters is 1. The maximum Gasteiger partial charge on any atom is 0.435 e. The highest BCUT2D eigenvalue weighted by molar-refractivity contribution is 6.03. The summed E-state index contributed by atoms with van der Waals surface area (Å²) in [6, 6.07) is 13.0. The SMILES string of the molecule is CCCCCCOC(=O)N=C(N)c1ccc(NCC2=NC3C=C(C(=O)C(CCCCC(=O)OCC)Cc4ccccn4)C=CC3N2C)cc1. The van der Waals surface area contributed by atoms with Gasteiger partial charge in [-0.15, -0.1) is 0 Å². The standard InChI is InChI=1S/C38H50N6O5/c1-4-6-7-12-23-49-38(47)43-37(39)27-16-19-30(20-17-27)41-26-34-42-32-25-29(18-21-33(32)44(34)3)36(46)28(24-31-14-10-11-22-40-31)13-8-9-15-35(45)48-5-2/h10-11,14,16-22,25,28,32-33,41H,4-9,12-13,15,23-24,26H2,1-3H3,(H2,39,43,47). The number of likely N-dealkylation sites (N-methyl/N-ethyl adjacent to an activating group) is 1. The van der Waals surface area contributed by atoms with Crippen LogP contribution in [0.15, 0.2) is 82.4 Å². The summed E-state index contributed by atoms with van der Waals surface area (Å²) in [5.41, 5.74) is 9.07. The summed E-state index contributed by atoms with van der Waals surface area (Å²) in [5.74, 6) is 0.601. The number of fused-ring (bicyclic) bond motifs is 1. The first-order valence-corrected chi connectivity index (χ1v) is 17.4. The molecule has 11 nitrogen and oxygen atoms in total. The van der Waals surface area contributed by atoms with Gasteiger partial charge < -0.3 is 25.4 Å². The number of carbonyl (C=O) groups is 3. The summed E-state index contributed by atoms with van der Waals surface area (Å²) >= 11 is 0. The number of rotatable bonds is 19. The van der Waals surface area contributed by atoms with Crippen molar-refractivity contribution in [1.29, 1.82) is 0 Å². The lowest BCUT2D eigenvalue weighted by molar-refractivity contribution is -0.143. The first kappa shape index (κ1) is 37.0. The van der Waals surface area contributed by atoms with Gasteiger partial charge in [-0.25, -0.2) is 4.79 Å². The number of pyridine rings is 1. The molecule has 1 aromatic carbocycles. The first-order valence-electron chi connectivity index (χ1n) is 17.4. The summed E-state index contributed by atoms with van der Waals surface area (Å²) in [7, 11) is 2.01. The predicted molar refractivity (Wildman–Crippen MR) is 193 cm³/mol. The molecule has 0 saturated heterocycles. The van der Waals surface area contributed by atoms with Crippen LogP contribution in [0.2, 0.25) is 0 Å². The molecule has 0 saturated carbocycles. The molecular formula is C38H50N6O5. The number of hydrogen-bond donors (Lipinski definition) is 2. The molecule has 49 heavy (non-hydrogen) atoms. The molecule has 2 aliphatic rings. The van der Waals surface area contributed by atoms with Crippen molar-refractivity contribution < 1.29 is 23.9 Å². The Bertz CT molecular complexity index is 1520. The lowest BCUT2D eigenvalue weighted by Gasteiger charge is -2.26. The van der Waals surface area contributed by atoms with Gasteiger partial charge in [-0.05, 0) is 75.1 Å². The zero-order valence-electron chi connectivity index (χ0n) is 29.0.